The summed E-state index contributed by atoms with van der Waals surface area (Å²) in [5.41, 5.74) is 2.18. The molecule has 0 aliphatic carbocycles. The molecule has 0 saturated carbocycles. The number of hydrogen-bond acceptors (Lipinski definition) is 5. The minimum atomic E-state index is -0.0602. The van der Waals surface area contributed by atoms with Crippen molar-refractivity contribution in [2.45, 2.75) is 39.0 Å². The van der Waals surface area contributed by atoms with Crippen LogP contribution in [-0.2, 0) is 0 Å². The monoisotopic (exact) mass is 456 g/mol. The van der Waals surface area contributed by atoms with E-state index < -0.39 is 0 Å². The standard InChI is InChI=1S/C25H29ClN2O4/c1-16(2)10-13-31-23-19(26)14-18(15-22(23)30-3)25(29)28-11-8-17(9-12-28)24-27-20-6-4-5-7-21(20)32-24/h4-7,14-17H,8-13H2,1-3H3. The number of halogens is 1. The molecule has 0 bridgehead atoms. The lowest BCUT2D eigenvalue weighted by molar-refractivity contribution is 0.0706. The summed E-state index contributed by atoms with van der Waals surface area (Å²) < 4.78 is 17.2. The first-order valence-electron chi connectivity index (χ1n) is 11.1. The molecule has 1 amide bonds. The number of nitrogens with zero attached hydrogens (tertiary/aromatic N) is 2. The Balaban J connectivity index is 1.42. The van der Waals surface area contributed by atoms with Crippen molar-refractivity contribution < 1.29 is 18.7 Å². The fourth-order valence-corrected chi connectivity index (χ4v) is 4.22. The van der Waals surface area contributed by atoms with Gasteiger partial charge in [0.2, 0.25) is 0 Å². The van der Waals surface area contributed by atoms with Gasteiger partial charge in [-0.25, -0.2) is 4.98 Å². The third kappa shape index (κ3) is 4.85. The number of aromatic nitrogens is 1. The molecule has 3 aromatic rings. The van der Waals surface area contributed by atoms with Crippen LogP contribution in [-0.4, -0.2) is 42.6 Å². The summed E-state index contributed by atoms with van der Waals surface area (Å²) in [5, 5.41) is 0.387. The van der Waals surface area contributed by atoms with E-state index in [-0.39, 0.29) is 11.8 Å². The molecule has 0 atom stereocenters. The highest BCUT2D eigenvalue weighted by Crippen LogP contribution is 2.37. The predicted molar refractivity (Wildman–Crippen MR) is 125 cm³/mol. The SMILES string of the molecule is COc1cc(C(=O)N2CCC(c3nc4ccccc4o3)CC2)cc(Cl)c1OCCC(C)C. The molecule has 2 aromatic carbocycles. The summed E-state index contributed by atoms with van der Waals surface area (Å²) in [6, 6.07) is 11.2. The zero-order valence-electron chi connectivity index (χ0n) is 18.8. The zero-order chi connectivity index (χ0) is 22.7. The Morgan fingerprint density at radius 2 is 2.00 bits per heavy atom. The van der Waals surface area contributed by atoms with Crippen LogP contribution in [0.3, 0.4) is 0 Å². The first-order chi connectivity index (χ1) is 15.5. The minimum absolute atomic E-state index is 0.0602. The second-order valence-electron chi connectivity index (χ2n) is 8.61. The predicted octanol–water partition coefficient (Wildman–Crippen LogP) is 5.93. The molecule has 4 rings (SSSR count). The number of amides is 1. The smallest absolute Gasteiger partial charge is 0.254 e. The third-order valence-electron chi connectivity index (χ3n) is 5.86. The van der Waals surface area contributed by atoms with Crippen molar-refractivity contribution in [2.75, 3.05) is 26.8 Å². The van der Waals surface area contributed by atoms with Crippen molar-refractivity contribution in [2.24, 2.45) is 5.92 Å². The van der Waals surface area contributed by atoms with Crippen molar-refractivity contribution in [1.29, 1.82) is 0 Å². The number of piperidine rings is 1. The van der Waals surface area contributed by atoms with Crippen LogP contribution in [0.25, 0.3) is 11.1 Å². The number of carbonyl (C=O) groups is 1. The number of methoxy groups -OCH3 is 1. The van der Waals surface area contributed by atoms with E-state index in [1.165, 1.54) is 0 Å². The number of oxazole rings is 1. The normalized spacial score (nSPS) is 14.8. The molecule has 1 fully saturated rings. The Morgan fingerprint density at radius 1 is 1.25 bits per heavy atom. The molecule has 7 heteroatoms. The van der Waals surface area contributed by atoms with Crippen molar-refractivity contribution in [3.05, 3.63) is 52.9 Å². The van der Waals surface area contributed by atoms with Gasteiger partial charge in [0.15, 0.2) is 23.0 Å². The van der Waals surface area contributed by atoms with Crippen LogP contribution in [0.2, 0.25) is 5.02 Å². The van der Waals surface area contributed by atoms with Crippen molar-refractivity contribution >= 4 is 28.6 Å². The molecule has 32 heavy (non-hydrogen) atoms. The molecule has 1 aliphatic heterocycles. The fourth-order valence-electron chi connectivity index (χ4n) is 3.96. The summed E-state index contributed by atoms with van der Waals surface area (Å²) in [5.74, 6) is 2.40. The largest absolute Gasteiger partial charge is 0.493 e. The second-order valence-corrected chi connectivity index (χ2v) is 9.01. The van der Waals surface area contributed by atoms with E-state index >= 15 is 0 Å². The highest BCUT2D eigenvalue weighted by atomic mass is 35.5. The number of benzene rings is 2. The zero-order valence-corrected chi connectivity index (χ0v) is 19.5. The molecule has 6 nitrogen and oxygen atoms in total. The number of para-hydroxylation sites is 2. The molecule has 0 spiro atoms. The van der Waals surface area contributed by atoms with Gasteiger partial charge < -0.3 is 18.8 Å². The number of hydrogen-bond donors (Lipinski definition) is 0. The van der Waals surface area contributed by atoms with Gasteiger partial charge in [0.05, 0.1) is 18.7 Å². The fraction of sp³-hybridized carbons (Fsp3) is 0.440. The maximum absolute atomic E-state index is 13.2. The molecular formula is C25H29ClN2O4. The Morgan fingerprint density at radius 3 is 2.69 bits per heavy atom. The quantitative estimate of drug-likeness (QED) is 0.440. The molecular weight excluding hydrogens is 428 g/mol. The van der Waals surface area contributed by atoms with E-state index in [1.807, 2.05) is 29.2 Å². The molecule has 1 aliphatic rings. The van der Waals surface area contributed by atoms with Gasteiger partial charge in [-0.1, -0.05) is 37.6 Å². The maximum atomic E-state index is 13.2. The van der Waals surface area contributed by atoms with E-state index in [2.05, 4.69) is 18.8 Å². The van der Waals surface area contributed by atoms with Gasteiger partial charge in [0.1, 0.15) is 5.52 Å². The molecule has 1 saturated heterocycles. The van der Waals surface area contributed by atoms with Crippen molar-refractivity contribution in [1.82, 2.24) is 9.88 Å². The molecule has 0 unspecified atom stereocenters. The average Bonchev–Trinajstić information content (AvgIpc) is 3.23. The van der Waals surface area contributed by atoms with Gasteiger partial charge in [-0.05, 0) is 49.4 Å². The molecule has 0 radical (unpaired) electrons. The maximum Gasteiger partial charge on any atom is 0.254 e. The molecule has 170 valence electrons. The summed E-state index contributed by atoms with van der Waals surface area (Å²) in [6.07, 6.45) is 2.52. The lowest BCUT2D eigenvalue weighted by Gasteiger charge is -2.31. The summed E-state index contributed by atoms with van der Waals surface area (Å²) in [6.45, 7) is 6.09. The van der Waals surface area contributed by atoms with Crippen LogP contribution in [0, 0.1) is 5.92 Å². The van der Waals surface area contributed by atoms with Crippen molar-refractivity contribution in [3.8, 4) is 11.5 Å². The number of likely N-dealkylation sites (tertiary alicyclic amines) is 1. The Hall–Kier alpha value is -2.73. The Labute approximate surface area is 193 Å². The number of carbonyl (C=O) groups excluding carboxylic acids is 1. The van der Waals surface area contributed by atoms with E-state index in [0.717, 1.165) is 36.3 Å². The molecule has 0 N–H and O–H groups in total. The Bertz CT molecular complexity index is 1050. The van der Waals surface area contributed by atoms with Gasteiger partial charge in [0.25, 0.3) is 5.91 Å². The summed E-state index contributed by atoms with van der Waals surface area (Å²) >= 11 is 6.46. The first kappa shape index (κ1) is 22.5. The van der Waals surface area contributed by atoms with Crippen LogP contribution in [0.1, 0.15) is 55.3 Å². The van der Waals surface area contributed by atoms with Crippen LogP contribution in [0.4, 0.5) is 0 Å². The average molecular weight is 457 g/mol. The summed E-state index contributed by atoms with van der Waals surface area (Å²) in [7, 11) is 1.56. The van der Waals surface area contributed by atoms with E-state index in [0.29, 0.717) is 47.7 Å². The molecule has 1 aromatic heterocycles. The lowest BCUT2D eigenvalue weighted by Crippen LogP contribution is -2.38. The topological polar surface area (TPSA) is 64.8 Å². The van der Waals surface area contributed by atoms with E-state index in [9.17, 15) is 4.79 Å². The lowest BCUT2D eigenvalue weighted by atomic mass is 9.96. The van der Waals surface area contributed by atoms with Crippen LogP contribution >= 0.6 is 11.6 Å². The van der Waals surface area contributed by atoms with Crippen LogP contribution < -0.4 is 9.47 Å². The highest BCUT2D eigenvalue weighted by molar-refractivity contribution is 6.32. The number of rotatable bonds is 7. The number of ether oxygens (including phenoxy) is 2. The third-order valence-corrected chi connectivity index (χ3v) is 6.14. The highest BCUT2D eigenvalue weighted by Gasteiger charge is 2.28. The summed E-state index contributed by atoms with van der Waals surface area (Å²) in [4.78, 5) is 19.6. The first-order valence-corrected chi connectivity index (χ1v) is 11.5. The van der Waals surface area contributed by atoms with Gasteiger partial charge in [0, 0.05) is 24.6 Å². The van der Waals surface area contributed by atoms with Gasteiger partial charge in [-0.15, -0.1) is 0 Å². The van der Waals surface area contributed by atoms with E-state index in [1.54, 1.807) is 19.2 Å². The van der Waals surface area contributed by atoms with Crippen LogP contribution in [0.15, 0.2) is 40.8 Å². The van der Waals surface area contributed by atoms with Crippen LogP contribution in [0.5, 0.6) is 11.5 Å². The van der Waals surface area contributed by atoms with Crippen molar-refractivity contribution in [3.63, 3.8) is 0 Å². The van der Waals surface area contributed by atoms with Gasteiger partial charge in [-0.2, -0.15) is 0 Å². The van der Waals surface area contributed by atoms with E-state index in [4.69, 9.17) is 25.5 Å². The Kier molecular flexibility index (Phi) is 6.89. The van der Waals surface area contributed by atoms with Gasteiger partial charge in [-0.3, -0.25) is 4.79 Å². The second kappa shape index (κ2) is 9.82. The molecule has 2 heterocycles. The van der Waals surface area contributed by atoms with Gasteiger partial charge >= 0.3 is 0 Å². The number of fused-ring (bicyclic) bond motifs is 1. The minimum Gasteiger partial charge on any atom is -0.493 e.